The number of hydrazine groups is 1. The van der Waals surface area contributed by atoms with Gasteiger partial charge in [0.05, 0.1) is 5.02 Å². The van der Waals surface area contributed by atoms with Crippen LogP contribution in [-0.4, -0.2) is 12.0 Å². The van der Waals surface area contributed by atoms with E-state index in [1.807, 2.05) is 26.0 Å². The lowest BCUT2D eigenvalue weighted by Gasteiger charge is -2.11. The fourth-order valence-corrected chi connectivity index (χ4v) is 1.57. The first-order valence-corrected chi connectivity index (χ1v) is 5.96. The molecule has 0 aromatic heterocycles. The Morgan fingerprint density at radius 1 is 1.50 bits per heavy atom. The van der Waals surface area contributed by atoms with Gasteiger partial charge in [-0.05, 0) is 48.0 Å². The molecule has 4 nitrogen and oxygen atoms in total. The summed E-state index contributed by atoms with van der Waals surface area (Å²) in [6.07, 6.45) is 0. The van der Waals surface area contributed by atoms with Crippen molar-refractivity contribution in [1.29, 1.82) is 0 Å². The number of aliphatic imine (C=N–C) groups is 1. The highest BCUT2D eigenvalue weighted by molar-refractivity contribution is 9.10. The molecule has 88 valence electrons. The predicted octanol–water partition coefficient (Wildman–Crippen LogP) is 2.74. The van der Waals surface area contributed by atoms with Gasteiger partial charge in [-0.25, -0.2) is 10.8 Å². The quantitative estimate of drug-likeness (QED) is 0.341. The molecule has 0 aliphatic heterocycles. The summed E-state index contributed by atoms with van der Waals surface area (Å²) in [7, 11) is 0. The van der Waals surface area contributed by atoms with Crippen LogP contribution in [0.1, 0.15) is 13.8 Å². The number of benzene rings is 1. The number of nitrogens with zero attached hydrogens (tertiary/aromatic N) is 1. The summed E-state index contributed by atoms with van der Waals surface area (Å²) < 4.78 is 0.820. The molecule has 0 saturated carbocycles. The Balaban J connectivity index is 2.82. The Morgan fingerprint density at radius 3 is 2.69 bits per heavy atom. The van der Waals surface area contributed by atoms with Gasteiger partial charge in [-0.1, -0.05) is 11.6 Å². The van der Waals surface area contributed by atoms with Crippen LogP contribution in [0, 0.1) is 0 Å². The maximum atomic E-state index is 5.89. The fraction of sp³-hybridized carbons (Fsp3) is 0.300. The number of hydrogen-bond acceptors (Lipinski definition) is 2. The van der Waals surface area contributed by atoms with Crippen molar-refractivity contribution in [1.82, 2.24) is 5.43 Å². The zero-order chi connectivity index (χ0) is 12.1. The summed E-state index contributed by atoms with van der Waals surface area (Å²) in [6, 6.07) is 5.65. The van der Waals surface area contributed by atoms with Gasteiger partial charge in [0.1, 0.15) is 0 Å². The Hall–Kier alpha value is -0.780. The van der Waals surface area contributed by atoms with Gasteiger partial charge in [-0.2, -0.15) is 0 Å². The van der Waals surface area contributed by atoms with Crippen LogP contribution in [0.25, 0.3) is 0 Å². The Morgan fingerprint density at radius 2 is 2.19 bits per heavy atom. The normalized spacial score (nSPS) is 11.8. The number of halogens is 2. The van der Waals surface area contributed by atoms with Crippen molar-refractivity contribution in [2.75, 3.05) is 5.32 Å². The number of anilines is 1. The van der Waals surface area contributed by atoms with E-state index in [4.69, 9.17) is 17.4 Å². The lowest BCUT2D eigenvalue weighted by molar-refractivity contribution is 0.819. The molecular formula is C10H14BrClN4. The number of nitrogens with two attached hydrogens (primary N) is 1. The van der Waals surface area contributed by atoms with Crippen LogP contribution in [0.2, 0.25) is 5.02 Å². The Kier molecular flexibility index (Phi) is 5.05. The smallest absolute Gasteiger partial charge is 0.210 e. The molecule has 0 bridgehead atoms. The largest absolute Gasteiger partial charge is 0.325 e. The molecule has 0 unspecified atom stereocenters. The van der Waals surface area contributed by atoms with Crippen molar-refractivity contribution in [3.63, 3.8) is 0 Å². The third-order valence-corrected chi connectivity index (χ3v) is 2.92. The highest BCUT2D eigenvalue weighted by Crippen LogP contribution is 2.25. The first-order valence-electron chi connectivity index (χ1n) is 4.79. The summed E-state index contributed by atoms with van der Waals surface area (Å²) in [5.41, 5.74) is 3.36. The molecule has 0 radical (unpaired) electrons. The SMILES string of the molecule is CC(C)N=C(NN)Nc1ccc(Cl)c(Br)c1. The lowest BCUT2D eigenvalue weighted by atomic mass is 10.3. The molecule has 0 amide bonds. The number of rotatable bonds is 2. The molecule has 4 N–H and O–H groups in total. The van der Waals surface area contributed by atoms with Crippen LogP contribution in [0.3, 0.4) is 0 Å². The third kappa shape index (κ3) is 4.00. The molecule has 1 aromatic carbocycles. The van der Waals surface area contributed by atoms with Crippen molar-refractivity contribution < 1.29 is 0 Å². The van der Waals surface area contributed by atoms with Crippen LogP contribution in [0.5, 0.6) is 0 Å². The van der Waals surface area contributed by atoms with Crippen LogP contribution >= 0.6 is 27.5 Å². The Labute approximate surface area is 108 Å². The molecular weight excluding hydrogens is 291 g/mol. The molecule has 6 heteroatoms. The van der Waals surface area contributed by atoms with Gasteiger partial charge < -0.3 is 5.32 Å². The average Bonchev–Trinajstić information content (AvgIpc) is 2.22. The second kappa shape index (κ2) is 6.08. The van der Waals surface area contributed by atoms with Gasteiger partial charge in [0.25, 0.3) is 0 Å². The summed E-state index contributed by atoms with van der Waals surface area (Å²) in [5, 5.41) is 3.71. The molecule has 0 aliphatic carbocycles. The van der Waals surface area contributed by atoms with E-state index >= 15 is 0 Å². The first kappa shape index (κ1) is 13.3. The summed E-state index contributed by atoms with van der Waals surface area (Å²) in [5.74, 6) is 5.87. The third-order valence-electron chi connectivity index (χ3n) is 1.71. The number of hydrogen-bond donors (Lipinski definition) is 3. The number of guanidine groups is 1. The molecule has 0 aliphatic rings. The van der Waals surface area contributed by atoms with E-state index in [9.17, 15) is 0 Å². The zero-order valence-corrected chi connectivity index (χ0v) is 11.4. The van der Waals surface area contributed by atoms with Crippen molar-refractivity contribution in [2.45, 2.75) is 19.9 Å². The van der Waals surface area contributed by atoms with Gasteiger partial charge in [0, 0.05) is 16.2 Å². The van der Waals surface area contributed by atoms with E-state index in [-0.39, 0.29) is 6.04 Å². The molecule has 0 saturated heterocycles. The molecule has 0 spiro atoms. The highest BCUT2D eigenvalue weighted by atomic mass is 79.9. The van der Waals surface area contributed by atoms with Crippen molar-refractivity contribution in [2.24, 2.45) is 10.8 Å². The lowest BCUT2D eigenvalue weighted by Crippen LogP contribution is -2.36. The van der Waals surface area contributed by atoms with Crippen molar-refractivity contribution >= 4 is 39.2 Å². The topological polar surface area (TPSA) is 62.4 Å². The summed E-state index contributed by atoms with van der Waals surface area (Å²) in [4.78, 5) is 4.26. The summed E-state index contributed by atoms with van der Waals surface area (Å²) in [6.45, 7) is 3.94. The molecule has 0 atom stereocenters. The fourth-order valence-electron chi connectivity index (χ4n) is 1.07. The van der Waals surface area contributed by atoms with Gasteiger partial charge in [-0.15, -0.1) is 0 Å². The van der Waals surface area contributed by atoms with Gasteiger partial charge in [0.15, 0.2) is 0 Å². The summed E-state index contributed by atoms with van der Waals surface area (Å²) >= 11 is 9.24. The van der Waals surface area contributed by atoms with E-state index in [0.717, 1.165) is 10.2 Å². The zero-order valence-electron chi connectivity index (χ0n) is 9.09. The van der Waals surface area contributed by atoms with Gasteiger partial charge >= 0.3 is 0 Å². The number of nitrogens with one attached hydrogen (secondary N) is 2. The highest BCUT2D eigenvalue weighted by Gasteiger charge is 2.02. The minimum atomic E-state index is 0.161. The van der Waals surface area contributed by atoms with Crippen molar-refractivity contribution in [3.8, 4) is 0 Å². The molecule has 0 heterocycles. The van der Waals surface area contributed by atoms with Crippen LogP contribution in [0.15, 0.2) is 27.7 Å². The van der Waals surface area contributed by atoms with E-state index < -0.39 is 0 Å². The minimum absolute atomic E-state index is 0.161. The van der Waals surface area contributed by atoms with E-state index in [1.165, 1.54) is 0 Å². The first-order chi connectivity index (χ1) is 7.52. The maximum Gasteiger partial charge on any atom is 0.210 e. The average molecular weight is 306 g/mol. The van der Waals surface area contributed by atoms with Crippen LogP contribution in [-0.2, 0) is 0 Å². The second-order valence-electron chi connectivity index (χ2n) is 3.47. The monoisotopic (exact) mass is 304 g/mol. The van der Waals surface area contributed by atoms with Crippen molar-refractivity contribution in [3.05, 3.63) is 27.7 Å². The standard InChI is InChI=1S/C10H14BrClN4/c1-6(2)14-10(16-13)15-7-3-4-9(12)8(11)5-7/h3-6H,13H2,1-2H3,(H2,14,15,16). The Bertz CT molecular complexity index is 392. The molecule has 16 heavy (non-hydrogen) atoms. The van der Waals surface area contributed by atoms with E-state index in [2.05, 4.69) is 31.7 Å². The van der Waals surface area contributed by atoms with E-state index in [1.54, 1.807) is 6.07 Å². The molecule has 1 rings (SSSR count). The van der Waals surface area contributed by atoms with Gasteiger partial charge in [-0.3, -0.25) is 5.43 Å². The van der Waals surface area contributed by atoms with Gasteiger partial charge in [0.2, 0.25) is 5.96 Å². The maximum absolute atomic E-state index is 5.89. The second-order valence-corrected chi connectivity index (χ2v) is 4.73. The van der Waals surface area contributed by atoms with E-state index in [0.29, 0.717) is 11.0 Å². The van der Waals surface area contributed by atoms with Crippen LogP contribution < -0.4 is 16.6 Å². The van der Waals surface area contributed by atoms with Crippen LogP contribution in [0.4, 0.5) is 5.69 Å². The predicted molar refractivity (Wildman–Crippen MR) is 72.7 cm³/mol. The minimum Gasteiger partial charge on any atom is -0.325 e. The molecule has 1 aromatic rings. The molecule has 0 fully saturated rings.